The van der Waals surface area contributed by atoms with Crippen molar-refractivity contribution in [2.24, 2.45) is 5.73 Å². The van der Waals surface area contributed by atoms with E-state index in [9.17, 15) is 9.59 Å². The maximum Gasteiger partial charge on any atom is 0.334 e. The fourth-order valence-electron chi connectivity index (χ4n) is 1.85. The van der Waals surface area contributed by atoms with Gasteiger partial charge in [0.2, 0.25) is 0 Å². The number of nitrogens with one attached hydrogen (secondary N) is 1. The lowest BCUT2D eigenvalue weighted by molar-refractivity contribution is 0.250. The molecule has 92 valence electrons. The number of imidazole rings is 1. The number of amides is 1. The summed E-state index contributed by atoms with van der Waals surface area (Å²) >= 11 is 0. The Balaban J connectivity index is 0.00000144. The summed E-state index contributed by atoms with van der Waals surface area (Å²) in [7, 11) is 0. The topological polar surface area (TPSA) is 80.9 Å². The molecular formula is C11H14ClN3O2. The summed E-state index contributed by atoms with van der Waals surface area (Å²) < 4.78 is 0.946. The minimum Gasteiger partial charge on any atom is -0.351 e. The van der Waals surface area contributed by atoms with Crippen LogP contribution in [0.25, 0.3) is 11.0 Å². The van der Waals surface area contributed by atoms with E-state index in [2.05, 4.69) is 4.98 Å². The Morgan fingerprint density at radius 1 is 1.41 bits per heavy atom. The van der Waals surface area contributed by atoms with Crippen molar-refractivity contribution in [1.29, 1.82) is 0 Å². The molecular weight excluding hydrogens is 242 g/mol. The summed E-state index contributed by atoms with van der Waals surface area (Å²) in [6.07, 6.45) is 0. The van der Waals surface area contributed by atoms with Crippen LogP contribution >= 0.6 is 12.4 Å². The predicted molar refractivity (Wildman–Crippen MR) is 68.9 cm³/mol. The zero-order valence-electron chi connectivity index (χ0n) is 9.56. The van der Waals surface area contributed by atoms with Gasteiger partial charge >= 0.3 is 11.7 Å². The van der Waals surface area contributed by atoms with E-state index in [-0.39, 0.29) is 18.3 Å². The molecule has 0 bridgehead atoms. The van der Waals surface area contributed by atoms with E-state index >= 15 is 0 Å². The Hall–Kier alpha value is -1.75. The number of hydrogen-bond donors (Lipinski definition) is 2. The van der Waals surface area contributed by atoms with Gasteiger partial charge in [-0.15, -0.1) is 12.4 Å². The number of hydrogen-bond acceptors (Lipinski definition) is 2. The maximum atomic E-state index is 11.6. The number of carbonyl (C=O) groups is 1. The third-order valence-corrected chi connectivity index (χ3v) is 2.59. The van der Waals surface area contributed by atoms with Crippen molar-refractivity contribution in [3.05, 3.63) is 34.2 Å². The SMILES string of the molecule is CC(C)c1cccc2c1[nH]c(=O)n2C(N)=O.Cl. The molecule has 2 aromatic rings. The van der Waals surface area contributed by atoms with E-state index < -0.39 is 11.7 Å². The van der Waals surface area contributed by atoms with Crippen molar-refractivity contribution in [2.45, 2.75) is 19.8 Å². The first kappa shape index (κ1) is 13.3. The summed E-state index contributed by atoms with van der Waals surface area (Å²) in [5.74, 6) is 0.267. The van der Waals surface area contributed by atoms with Crippen molar-refractivity contribution >= 4 is 29.5 Å². The van der Waals surface area contributed by atoms with Gasteiger partial charge in [0.25, 0.3) is 0 Å². The summed E-state index contributed by atoms with van der Waals surface area (Å²) in [5.41, 5.74) is 6.87. The number of para-hydroxylation sites is 1. The summed E-state index contributed by atoms with van der Waals surface area (Å²) in [6, 6.07) is 4.67. The number of aromatic nitrogens is 2. The highest BCUT2D eigenvalue weighted by molar-refractivity contribution is 5.89. The fraction of sp³-hybridized carbons (Fsp3) is 0.273. The molecule has 1 aromatic heterocycles. The molecule has 0 aliphatic rings. The predicted octanol–water partition coefficient (Wildman–Crippen LogP) is 1.80. The van der Waals surface area contributed by atoms with Crippen molar-refractivity contribution in [2.75, 3.05) is 0 Å². The Morgan fingerprint density at radius 2 is 2.06 bits per heavy atom. The third-order valence-electron chi connectivity index (χ3n) is 2.59. The van der Waals surface area contributed by atoms with E-state index in [4.69, 9.17) is 5.73 Å². The molecule has 0 atom stereocenters. The number of rotatable bonds is 1. The molecule has 1 aromatic carbocycles. The minimum absolute atomic E-state index is 0. The third kappa shape index (κ3) is 2.06. The zero-order chi connectivity index (χ0) is 11.9. The molecule has 0 saturated heterocycles. The van der Waals surface area contributed by atoms with Gasteiger partial charge in [-0.2, -0.15) is 0 Å². The lowest BCUT2D eigenvalue weighted by atomic mass is 10.0. The van der Waals surface area contributed by atoms with Crippen LogP contribution in [0.15, 0.2) is 23.0 Å². The summed E-state index contributed by atoms with van der Waals surface area (Å²) in [4.78, 5) is 25.4. The van der Waals surface area contributed by atoms with E-state index in [0.717, 1.165) is 10.1 Å². The largest absolute Gasteiger partial charge is 0.351 e. The maximum absolute atomic E-state index is 11.6. The van der Waals surface area contributed by atoms with Gasteiger partial charge in [-0.1, -0.05) is 26.0 Å². The van der Waals surface area contributed by atoms with Gasteiger partial charge in [-0.25, -0.2) is 14.2 Å². The number of primary amides is 1. The van der Waals surface area contributed by atoms with E-state index in [1.54, 1.807) is 6.07 Å². The molecule has 6 heteroatoms. The number of fused-ring (bicyclic) bond motifs is 1. The van der Waals surface area contributed by atoms with Gasteiger partial charge in [0.1, 0.15) is 0 Å². The Bertz CT molecular complexity index is 613. The molecule has 0 radical (unpaired) electrons. The monoisotopic (exact) mass is 255 g/mol. The van der Waals surface area contributed by atoms with Crippen LogP contribution in [0.3, 0.4) is 0 Å². The van der Waals surface area contributed by atoms with Gasteiger partial charge in [0, 0.05) is 0 Å². The van der Waals surface area contributed by atoms with Crippen molar-refractivity contribution in [3.8, 4) is 0 Å². The van der Waals surface area contributed by atoms with Crippen molar-refractivity contribution in [1.82, 2.24) is 9.55 Å². The standard InChI is InChI=1S/C11H13N3O2.ClH/c1-6(2)7-4-3-5-8-9(7)13-11(16)14(8)10(12)15;/h3-6H,1-2H3,(H2,12,15)(H,13,16);1H. The van der Waals surface area contributed by atoms with Crippen LogP contribution in [-0.2, 0) is 0 Å². The van der Waals surface area contributed by atoms with Gasteiger partial charge in [-0.05, 0) is 17.5 Å². The summed E-state index contributed by atoms with van der Waals surface area (Å²) in [5, 5.41) is 0. The molecule has 0 unspecified atom stereocenters. The highest BCUT2D eigenvalue weighted by atomic mass is 35.5. The molecule has 3 N–H and O–H groups in total. The number of aromatic amines is 1. The van der Waals surface area contributed by atoms with Crippen LogP contribution in [0.2, 0.25) is 0 Å². The van der Waals surface area contributed by atoms with Gasteiger partial charge in [0.15, 0.2) is 0 Å². The van der Waals surface area contributed by atoms with Crippen LogP contribution in [-0.4, -0.2) is 15.6 Å². The average molecular weight is 256 g/mol. The lowest BCUT2D eigenvalue weighted by Gasteiger charge is -2.06. The molecule has 17 heavy (non-hydrogen) atoms. The molecule has 1 heterocycles. The lowest BCUT2D eigenvalue weighted by Crippen LogP contribution is -2.29. The molecule has 0 spiro atoms. The van der Waals surface area contributed by atoms with E-state index in [1.807, 2.05) is 26.0 Å². The zero-order valence-corrected chi connectivity index (χ0v) is 10.4. The molecule has 0 saturated carbocycles. The Labute approximate surface area is 104 Å². The van der Waals surface area contributed by atoms with Crippen molar-refractivity contribution in [3.63, 3.8) is 0 Å². The van der Waals surface area contributed by atoms with Crippen LogP contribution in [0, 0.1) is 0 Å². The Morgan fingerprint density at radius 3 is 2.59 bits per heavy atom. The van der Waals surface area contributed by atoms with Gasteiger partial charge in [-0.3, -0.25) is 0 Å². The number of carbonyl (C=O) groups excluding carboxylic acids is 1. The van der Waals surface area contributed by atoms with Gasteiger partial charge in [0.05, 0.1) is 11.0 Å². The molecule has 0 aliphatic heterocycles. The first-order chi connectivity index (χ1) is 7.52. The minimum atomic E-state index is -0.767. The normalized spacial score (nSPS) is 10.5. The fourth-order valence-corrected chi connectivity index (χ4v) is 1.85. The number of halogens is 1. The second-order valence-corrected chi connectivity index (χ2v) is 4.00. The molecule has 5 nitrogen and oxygen atoms in total. The van der Waals surface area contributed by atoms with Gasteiger partial charge < -0.3 is 10.7 Å². The highest BCUT2D eigenvalue weighted by Crippen LogP contribution is 2.22. The molecule has 1 amide bonds. The number of benzene rings is 1. The number of H-pyrrole nitrogens is 1. The number of nitrogens with zero attached hydrogens (tertiary/aromatic N) is 1. The van der Waals surface area contributed by atoms with Crippen LogP contribution < -0.4 is 11.4 Å². The van der Waals surface area contributed by atoms with E-state index in [1.165, 1.54) is 0 Å². The molecule has 2 rings (SSSR count). The Kier molecular flexibility index (Phi) is 3.63. The first-order valence-electron chi connectivity index (χ1n) is 5.06. The van der Waals surface area contributed by atoms with E-state index in [0.29, 0.717) is 11.0 Å². The second kappa shape index (κ2) is 4.63. The molecule has 0 fully saturated rings. The van der Waals surface area contributed by atoms with Crippen LogP contribution in [0.1, 0.15) is 25.3 Å². The molecule has 0 aliphatic carbocycles. The van der Waals surface area contributed by atoms with Crippen LogP contribution in [0.4, 0.5) is 4.79 Å². The van der Waals surface area contributed by atoms with Crippen molar-refractivity contribution < 1.29 is 4.79 Å². The quantitative estimate of drug-likeness (QED) is 0.815. The first-order valence-corrected chi connectivity index (χ1v) is 5.06. The smallest absolute Gasteiger partial charge is 0.334 e. The summed E-state index contributed by atoms with van der Waals surface area (Å²) in [6.45, 7) is 4.05. The number of nitrogens with two attached hydrogens (primary N) is 1. The average Bonchev–Trinajstić information content (AvgIpc) is 2.52. The second-order valence-electron chi connectivity index (χ2n) is 4.00. The van der Waals surface area contributed by atoms with Crippen LogP contribution in [0.5, 0.6) is 0 Å². The highest BCUT2D eigenvalue weighted by Gasteiger charge is 2.14.